The maximum atomic E-state index is 6.03. The van der Waals surface area contributed by atoms with E-state index in [9.17, 15) is 0 Å². The van der Waals surface area contributed by atoms with Crippen molar-refractivity contribution in [3.8, 4) is 0 Å². The van der Waals surface area contributed by atoms with Crippen molar-refractivity contribution >= 4 is 27.4 Å². The largest absolute Gasteiger partial charge is 0.383 e. The van der Waals surface area contributed by atoms with Crippen LogP contribution in [-0.4, -0.2) is 9.97 Å². The van der Waals surface area contributed by atoms with E-state index >= 15 is 0 Å². The molecule has 92 valence electrons. The minimum atomic E-state index is 0.635. The SMILES string of the molecule is Cc1sc2nc(CCC(C)C)nc(N)c2c1C. The van der Waals surface area contributed by atoms with E-state index < -0.39 is 0 Å². The molecule has 0 saturated carbocycles. The number of aryl methyl sites for hydroxylation is 3. The Morgan fingerprint density at radius 1 is 1.24 bits per heavy atom. The van der Waals surface area contributed by atoms with Crippen LogP contribution in [0.25, 0.3) is 10.2 Å². The molecule has 0 fully saturated rings. The summed E-state index contributed by atoms with van der Waals surface area (Å²) in [7, 11) is 0. The van der Waals surface area contributed by atoms with Crippen LogP contribution in [0.3, 0.4) is 0 Å². The van der Waals surface area contributed by atoms with Crippen LogP contribution in [0.4, 0.5) is 5.82 Å². The molecule has 0 spiro atoms. The smallest absolute Gasteiger partial charge is 0.136 e. The number of hydrogen-bond donors (Lipinski definition) is 1. The molecule has 0 unspecified atom stereocenters. The zero-order valence-electron chi connectivity index (χ0n) is 10.9. The Balaban J connectivity index is 2.42. The van der Waals surface area contributed by atoms with Gasteiger partial charge in [0.1, 0.15) is 16.5 Å². The molecule has 3 nitrogen and oxygen atoms in total. The highest BCUT2D eigenvalue weighted by Crippen LogP contribution is 2.31. The van der Waals surface area contributed by atoms with Crippen molar-refractivity contribution in [2.24, 2.45) is 5.92 Å². The number of nitrogens with two attached hydrogens (primary N) is 1. The number of aromatic nitrogens is 2. The number of nitrogens with zero attached hydrogens (tertiary/aromatic N) is 2. The van der Waals surface area contributed by atoms with E-state index in [1.165, 1.54) is 10.4 Å². The Morgan fingerprint density at radius 3 is 2.59 bits per heavy atom. The summed E-state index contributed by atoms with van der Waals surface area (Å²) >= 11 is 1.71. The molecular formula is C13H19N3S. The minimum Gasteiger partial charge on any atom is -0.383 e. The molecule has 0 amide bonds. The molecule has 2 N–H and O–H groups in total. The van der Waals surface area contributed by atoms with Gasteiger partial charge in [-0.3, -0.25) is 0 Å². The Kier molecular flexibility index (Phi) is 3.33. The number of rotatable bonds is 3. The van der Waals surface area contributed by atoms with Gasteiger partial charge >= 0.3 is 0 Å². The predicted molar refractivity (Wildman–Crippen MR) is 74.5 cm³/mol. The molecule has 0 bridgehead atoms. The first-order valence-electron chi connectivity index (χ1n) is 6.01. The molecule has 0 aliphatic rings. The molecule has 0 aromatic carbocycles. The van der Waals surface area contributed by atoms with Gasteiger partial charge in [-0.25, -0.2) is 9.97 Å². The van der Waals surface area contributed by atoms with Gasteiger partial charge in [-0.15, -0.1) is 11.3 Å². The van der Waals surface area contributed by atoms with Gasteiger partial charge in [-0.05, 0) is 31.7 Å². The molecule has 2 heterocycles. The minimum absolute atomic E-state index is 0.635. The van der Waals surface area contributed by atoms with Crippen LogP contribution in [0.5, 0.6) is 0 Å². The van der Waals surface area contributed by atoms with Crippen molar-refractivity contribution in [3.63, 3.8) is 0 Å². The fourth-order valence-corrected chi connectivity index (χ4v) is 2.91. The Morgan fingerprint density at radius 2 is 1.94 bits per heavy atom. The molecule has 0 radical (unpaired) electrons. The second-order valence-corrected chi connectivity index (χ2v) is 6.12. The Bertz CT molecular complexity index is 543. The zero-order chi connectivity index (χ0) is 12.6. The number of thiophene rings is 1. The quantitative estimate of drug-likeness (QED) is 0.906. The van der Waals surface area contributed by atoms with Gasteiger partial charge < -0.3 is 5.73 Å². The average Bonchev–Trinajstić information content (AvgIpc) is 2.52. The number of nitrogen functional groups attached to an aromatic ring is 1. The summed E-state index contributed by atoms with van der Waals surface area (Å²) in [4.78, 5) is 11.4. The Labute approximate surface area is 106 Å². The molecule has 17 heavy (non-hydrogen) atoms. The molecule has 4 heteroatoms. The van der Waals surface area contributed by atoms with Crippen LogP contribution in [0.2, 0.25) is 0 Å². The first-order chi connectivity index (χ1) is 7.99. The summed E-state index contributed by atoms with van der Waals surface area (Å²) in [6.45, 7) is 8.61. The summed E-state index contributed by atoms with van der Waals surface area (Å²) in [5.74, 6) is 2.18. The average molecular weight is 249 g/mol. The van der Waals surface area contributed by atoms with Crippen LogP contribution >= 0.6 is 11.3 Å². The number of anilines is 1. The first kappa shape index (κ1) is 12.3. The van der Waals surface area contributed by atoms with Crippen LogP contribution < -0.4 is 5.73 Å². The third-order valence-electron chi connectivity index (χ3n) is 3.05. The summed E-state index contributed by atoms with van der Waals surface area (Å²) < 4.78 is 0. The molecule has 2 aromatic heterocycles. The first-order valence-corrected chi connectivity index (χ1v) is 6.82. The van der Waals surface area contributed by atoms with E-state index in [4.69, 9.17) is 5.73 Å². The van der Waals surface area contributed by atoms with E-state index in [1.807, 2.05) is 0 Å². The van der Waals surface area contributed by atoms with Crippen LogP contribution in [-0.2, 0) is 6.42 Å². The van der Waals surface area contributed by atoms with Crippen molar-refractivity contribution in [1.29, 1.82) is 0 Å². The molecule has 2 rings (SSSR count). The maximum Gasteiger partial charge on any atom is 0.136 e. The molecule has 0 aliphatic carbocycles. The topological polar surface area (TPSA) is 51.8 Å². The molecule has 0 aliphatic heterocycles. The third kappa shape index (κ3) is 2.41. The van der Waals surface area contributed by atoms with Gasteiger partial charge in [-0.2, -0.15) is 0 Å². The Hall–Kier alpha value is -1.16. The summed E-state index contributed by atoms with van der Waals surface area (Å²) in [5, 5.41) is 1.04. The third-order valence-corrected chi connectivity index (χ3v) is 4.15. The maximum absolute atomic E-state index is 6.03. The fraction of sp³-hybridized carbons (Fsp3) is 0.538. The summed E-state index contributed by atoms with van der Waals surface area (Å²) in [6, 6.07) is 0. The van der Waals surface area contributed by atoms with Gasteiger partial charge in [0.05, 0.1) is 5.39 Å². The van der Waals surface area contributed by atoms with E-state index in [-0.39, 0.29) is 0 Å². The van der Waals surface area contributed by atoms with Crippen molar-refractivity contribution in [2.45, 2.75) is 40.5 Å². The van der Waals surface area contributed by atoms with Crippen molar-refractivity contribution < 1.29 is 0 Å². The predicted octanol–water partition coefficient (Wildman–Crippen LogP) is 3.48. The van der Waals surface area contributed by atoms with E-state index in [0.29, 0.717) is 11.7 Å². The monoisotopic (exact) mass is 249 g/mol. The van der Waals surface area contributed by atoms with Crippen molar-refractivity contribution in [1.82, 2.24) is 9.97 Å². The van der Waals surface area contributed by atoms with E-state index in [0.717, 1.165) is 28.9 Å². The molecule has 2 aromatic rings. The number of fused-ring (bicyclic) bond motifs is 1. The van der Waals surface area contributed by atoms with Gasteiger partial charge in [0, 0.05) is 11.3 Å². The highest BCUT2D eigenvalue weighted by atomic mass is 32.1. The second-order valence-electron chi connectivity index (χ2n) is 4.92. The lowest BCUT2D eigenvalue weighted by Crippen LogP contribution is -2.02. The summed E-state index contributed by atoms with van der Waals surface area (Å²) in [5.41, 5.74) is 7.25. The van der Waals surface area contributed by atoms with E-state index in [1.54, 1.807) is 11.3 Å². The highest BCUT2D eigenvalue weighted by molar-refractivity contribution is 7.18. The number of hydrogen-bond acceptors (Lipinski definition) is 4. The van der Waals surface area contributed by atoms with Gasteiger partial charge in [0.2, 0.25) is 0 Å². The molecule has 0 atom stereocenters. The van der Waals surface area contributed by atoms with E-state index in [2.05, 4.69) is 37.7 Å². The van der Waals surface area contributed by atoms with Crippen LogP contribution in [0.1, 0.15) is 36.5 Å². The lowest BCUT2D eigenvalue weighted by Gasteiger charge is -2.05. The lowest BCUT2D eigenvalue weighted by atomic mass is 10.1. The normalized spacial score (nSPS) is 11.6. The second kappa shape index (κ2) is 4.61. The summed E-state index contributed by atoms with van der Waals surface area (Å²) in [6.07, 6.45) is 2.02. The van der Waals surface area contributed by atoms with Crippen LogP contribution in [0.15, 0.2) is 0 Å². The van der Waals surface area contributed by atoms with Crippen molar-refractivity contribution in [3.05, 3.63) is 16.3 Å². The lowest BCUT2D eigenvalue weighted by molar-refractivity contribution is 0.576. The van der Waals surface area contributed by atoms with Gasteiger partial charge in [0.15, 0.2) is 0 Å². The molecule has 0 saturated heterocycles. The van der Waals surface area contributed by atoms with Gasteiger partial charge in [-0.1, -0.05) is 13.8 Å². The standard InChI is InChI=1S/C13H19N3S/c1-7(2)5-6-10-15-12(14)11-8(3)9(4)17-13(11)16-10/h7H,5-6H2,1-4H3,(H2,14,15,16). The molecular weight excluding hydrogens is 230 g/mol. The van der Waals surface area contributed by atoms with Crippen LogP contribution in [0, 0.1) is 19.8 Å². The van der Waals surface area contributed by atoms with Crippen molar-refractivity contribution in [2.75, 3.05) is 5.73 Å². The van der Waals surface area contributed by atoms with Gasteiger partial charge in [0.25, 0.3) is 0 Å². The fourth-order valence-electron chi connectivity index (χ4n) is 1.86. The zero-order valence-corrected chi connectivity index (χ0v) is 11.7. The highest BCUT2D eigenvalue weighted by Gasteiger charge is 2.12.